The highest BCUT2D eigenvalue weighted by molar-refractivity contribution is 5.79. The van der Waals surface area contributed by atoms with Gasteiger partial charge in [-0.2, -0.15) is 0 Å². The number of hydrogen-bond donors (Lipinski definition) is 1. The molecule has 2 atom stereocenters. The van der Waals surface area contributed by atoms with E-state index < -0.39 is 24.1 Å². The lowest BCUT2D eigenvalue weighted by atomic mass is 9.84. The summed E-state index contributed by atoms with van der Waals surface area (Å²) in [4.78, 5) is 27.3. The third kappa shape index (κ3) is 4.16. The van der Waals surface area contributed by atoms with Crippen LogP contribution in [-0.4, -0.2) is 46.5 Å². The molecule has 7 nitrogen and oxygen atoms in total. The van der Waals surface area contributed by atoms with Gasteiger partial charge in [0, 0.05) is 31.3 Å². The number of H-pyrrole nitrogens is 1. The number of nitrogens with zero attached hydrogens (tertiary/aromatic N) is 2. The van der Waals surface area contributed by atoms with Crippen LogP contribution in [-0.2, 0) is 16.0 Å². The van der Waals surface area contributed by atoms with Gasteiger partial charge in [-0.25, -0.2) is 4.79 Å². The number of carbonyl (C=O) groups is 1. The monoisotopic (exact) mass is 349 g/mol. The molecule has 0 aromatic carbocycles. The van der Waals surface area contributed by atoms with E-state index in [1.807, 2.05) is 0 Å². The summed E-state index contributed by atoms with van der Waals surface area (Å²) >= 11 is 0. The summed E-state index contributed by atoms with van der Waals surface area (Å²) < 4.78 is 45.4. The molecule has 2 fully saturated rings. The summed E-state index contributed by atoms with van der Waals surface area (Å²) in [7, 11) is 0. The summed E-state index contributed by atoms with van der Waals surface area (Å²) in [5.41, 5.74) is 0. The third-order valence-electron chi connectivity index (χ3n) is 4.51. The van der Waals surface area contributed by atoms with Gasteiger partial charge >= 0.3 is 12.1 Å². The highest BCUT2D eigenvalue weighted by Crippen LogP contribution is 2.33. The van der Waals surface area contributed by atoms with Gasteiger partial charge in [-0.1, -0.05) is 11.6 Å². The second-order valence-corrected chi connectivity index (χ2v) is 6.40. The molecule has 10 heteroatoms. The molecule has 1 aliphatic heterocycles. The van der Waals surface area contributed by atoms with Crippen molar-refractivity contribution in [1.29, 1.82) is 0 Å². The molecular formula is C14H18F3N3O4. The molecule has 24 heavy (non-hydrogen) atoms. The maximum absolute atomic E-state index is 12.4. The molecule has 0 spiro atoms. The van der Waals surface area contributed by atoms with Gasteiger partial charge in [0.05, 0.1) is 6.10 Å². The molecule has 0 radical (unpaired) electrons. The number of aromatic amines is 1. The van der Waals surface area contributed by atoms with Crippen LogP contribution in [0.25, 0.3) is 0 Å². The molecule has 1 saturated heterocycles. The topological polar surface area (TPSA) is 88.4 Å². The SMILES string of the molecule is O=C([C@H]1CCC[C@@H](OC(F)(F)F)C1)N1CC(Cc2noc(=O)[nH]2)C1. The van der Waals surface area contributed by atoms with Gasteiger partial charge in [0.15, 0.2) is 5.82 Å². The Morgan fingerprint density at radius 3 is 2.75 bits per heavy atom. The maximum atomic E-state index is 12.4. The minimum atomic E-state index is -4.66. The fraction of sp³-hybridized carbons (Fsp3) is 0.786. The van der Waals surface area contributed by atoms with Crippen molar-refractivity contribution < 1.29 is 27.2 Å². The molecule has 0 bridgehead atoms. The number of halogens is 3. The number of alkyl halides is 3. The van der Waals surface area contributed by atoms with E-state index in [1.165, 1.54) is 0 Å². The van der Waals surface area contributed by atoms with Crippen molar-refractivity contribution >= 4 is 5.91 Å². The Morgan fingerprint density at radius 1 is 1.38 bits per heavy atom. The minimum absolute atomic E-state index is 0.107. The molecule has 0 unspecified atom stereocenters. The first-order chi connectivity index (χ1) is 11.3. The van der Waals surface area contributed by atoms with E-state index in [9.17, 15) is 22.8 Å². The van der Waals surface area contributed by atoms with Crippen molar-refractivity contribution in [3.8, 4) is 0 Å². The Bertz CT molecular complexity index is 636. The molecule has 1 saturated carbocycles. The lowest BCUT2D eigenvalue weighted by Gasteiger charge is -2.42. The number of nitrogens with one attached hydrogen (secondary N) is 1. The van der Waals surface area contributed by atoms with Gasteiger partial charge < -0.3 is 4.90 Å². The predicted octanol–water partition coefficient (Wildman–Crippen LogP) is 1.46. The van der Waals surface area contributed by atoms with Gasteiger partial charge in [-0.05, 0) is 19.3 Å². The molecule has 2 aliphatic rings. The lowest BCUT2D eigenvalue weighted by Crippen LogP contribution is -2.53. The van der Waals surface area contributed by atoms with E-state index >= 15 is 0 Å². The van der Waals surface area contributed by atoms with Crippen molar-refractivity contribution in [1.82, 2.24) is 15.0 Å². The van der Waals surface area contributed by atoms with E-state index in [4.69, 9.17) is 0 Å². The number of aromatic nitrogens is 2. The van der Waals surface area contributed by atoms with Crippen LogP contribution in [0.1, 0.15) is 31.5 Å². The summed E-state index contributed by atoms with van der Waals surface area (Å²) in [6.45, 7) is 1.02. The number of likely N-dealkylation sites (tertiary alicyclic amines) is 1. The van der Waals surface area contributed by atoms with Crippen LogP contribution in [0.3, 0.4) is 0 Å². The highest BCUT2D eigenvalue weighted by atomic mass is 19.4. The molecule has 1 aromatic rings. The number of carbonyl (C=O) groups excluding carboxylic acids is 1. The van der Waals surface area contributed by atoms with Crippen LogP contribution in [0.4, 0.5) is 13.2 Å². The summed E-state index contributed by atoms with van der Waals surface area (Å²) in [6.07, 6.45) is -3.53. The zero-order chi connectivity index (χ0) is 17.3. The van der Waals surface area contributed by atoms with Gasteiger partial charge in [0.1, 0.15) is 0 Å². The van der Waals surface area contributed by atoms with Gasteiger partial charge in [0.2, 0.25) is 5.91 Å². The Balaban J connectivity index is 1.46. The summed E-state index contributed by atoms with van der Waals surface area (Å²) in [5, 5.41) is 3.57. The number of ether oxygens (including phenoxy) is 1. The predicted molar refractivity (Wildman–Crippen MR) is 73.8 cm³/mol. The van der Waals surface area contributed by atoms with Crippen molar-refractivity contribution in [2.45, 2.75) is 44.6 Å². The normalized spacial score (nSPS) is 25.5. The van der Waals surface area contributed by atoms with Crippen LogP contribution in [0.2, 0.25) is 0 Å². The first kappa shape index (κ1) is 17.0. The molecular weight excluding hydrogens is 331 g/mol. The Labute approximate surface area is 135 Å². The van der Waals surface area contributed by atoms with Crippen molar-refractivity contribution in [2.24, 2.45) is 11.8 Å². The molecule has 1 amide bonds. The minimum Gasteiger partial charge on any atom is -0.342 e. The lowest BCUT2D eigenvalue weighted by molar-refractivity contribution is -0.346. The molecule has 1 N–H and O–H groups in total. The summed E-state index contributed by atoms with van der Waals surface area (Å²) in [6, 6.07) is 0. The van der Waals surface area contributed by atoms with Crippen LogP contribution in [0.15, 0.2) is 9.32 Å². The fourth-order valence-electron chi connectivity index (χ4n) is 3.42. The first-order valence-corrected chi connectivity index (χ1v) is 7.88. The number of amides is 1. The molecule has 1 aromatic heterocycles. The Hall–Kier alpha value is -1.84. The van der Waals surface area contributed by atoms with Gasteiger partial charge in [-0.3, -0.25) is 19.0 Å². The maximum Gasteiger partial charge on any atom is 0.522 e. The zero-order valence-corrected chi connectivity index (χ0v) is 12.8. The Morgan fingerprint density at radius 2 is 2.12 bits per heavy atom. The van der Waals surface area contributed by atoms with E-state index in [0.29, 0.717) is 44.6 Å². The standard InChI is InChI=1S/C14H18F3N3O4/c15-14(16,17)23-10-3-1-2-9(5-10)12(21)20-6-8(7-20)4-11-18-13(22)24-19-11/h8-10H,1-7H2,(H,18,19,22)/t9-,10+/m0/s1. The molecule has 3 rings (SSSR count). The van der Waals surface area contributed by atoms with Crippen LogP contribution >= 0.6 is 0 Å². The number of hydrogen-bond acceptors (Lipinski definition) is 5. The van der Waals surface area contributed by atoms with Crippen LogP contribution in [0.5, 0.6) is 0 Å². The second kappa shape index (κ2) is 6.58. The smallest absolute Gasteiger partial charge is 0.342 e. The average molecular weight is 349 g/mol. The van der Waals surface area contributed by atoms with Crippen LogP contribution in [0, 0.1) is 11.8 Å². The van der Waals surface area contributed by atoms with E-state index in [1.54, 1.807) is 4.90 Å². The van der Waals surface area contributed by atoms with Gasteiger partial charge in [0.25, 0.3) is 0 Å². The fourth-order valence-corrected chi connectivity index (χ4v) is 3.42. The van der Waals surface area contributed by atoms with Crippen LogP contribution < -0.4 is 5.76 Å². The summed E-state index contributed by atoms with van der Waals surface area (Å²) in [5.74, 6) is -0.543. The average Bonchev–Trinajstić information content (AvgIpc) is 2.85. The second-order valence-electron chi connectivity index (χ2n) is 6.40. The van der Waals surface area contributed by atoms with Crippen molar-refractivity contribution in [2.75, 3.05) is 13.1 Å². The molecule has 1 aliphatic carbocycles. The van der Waals surface area contributed by atoms with E-state index in [0.717, 1.165) is 0 Å². The van der Waals surface area contributed by atoms with E-state index in [-0.39, 0.29) is 18.2 Å². The number of rotatable bonds is 4. The molecule has 134 valence electrons. The zero-order valence-electron chi connectivity index (χ0n) is 12.8. The Kier molecular flexibility index (Phi) is 4.66. The van der Waals surface area contributed by atoms with E-state index in [2.05, 4.69) is 19.4 Å². The van der Waals surface area contributed by atoms with Gasteiger partial charge in [-0.15, -0.1) is 13.2 Å². The van der Waals surface area contributed by atoms with Crippen molar-refractivity contribution in [3.63, 3.8) is 0 Å². The third-order valence-corrected chi connectivity index (χ3v) is 4.51. The largest absolute Gasteiger partial charge is 0.522 e. The highest BCUT2D eigenvalue weighted by Gasteiger charge is 2.40. The molecule has 2 heterocycles. The first-order valence-electron chi connectivity index (χ1n) is 7.88. The quantitative estimate of drug-likeness (QED) is 0.889. The van der Waals surface area contributed by atoms with Crippen molar-refractivity contribution in [3.05, 3.63) is 16.4 Å².